The SMILES string of the molecule is Cc1cccc(-c2cncc3[nH]c(-c4n[nH]c5ccc(-c6cncnc6)nc45)nc23)c1. The summed E-state index contributed by atoms with van der Waals surface area (Å²) in [4.78, 5) is 25.6. The number of benzene rings is 1. The molecule has 6 aromatic rings. The molecule has 1 aromatic carbocycles. The predicted octanol–water partition coefficient (Wildman–Crippen LogP) is 4.33. The van der Waals surface area contributed by atoms with Crippen molar-refractivity contribution in [1.29, 1.82) is 0 Å². The Balaban J connectivity index is 1.52. The summed E-state index contributed by atoms with van der Waals surface area (Å²) in [6.07, 6.45) is 8.60. The van der Waals surface area contributed by atoms with Gasteiger partial charge in [-0.15, -0.1) is 0 Å². The number of hydrogen-bond acceptors (Lipinski definition) is 6. The molecule has 0 spiro atoms. The molecule has 0 aliphatic heterocycles. The molecule has 0 amide bonds. The van der Waals surface area contributed by atoms with Crippen molar-refractivity contribution < 1.29 is 0 Å². The molecule has 0 saturated carbocycles. The van der Waals surface area contributed by atoms with E-state index in [1.165, 1.54) is 11.9 Å². The summed E-state index contributed by atoms with van der Waals surface area (Å²) in [6, 6.07) is 12.2. The van der Waals surface area contributed by atoms with E-state index in [0.717, 1.165) is 44.5 Å². The number of imidazole rings is 1. The van der Waals surface area contributed by atoms with Crippen LogP contribution in [-0.2, 0) is 0 Å². The second kappa shape index (κ2) is 6.81. The average Bonchev–Trinajstić information content (AvgIpc) is 3.43. The smallest absolute Gasteiger partial charge is 0.161 e. The third-order valence-electron chi connectivity index (χ3n) is 5.21. The molecule has 8 heteroatoms. The van der Waals surface area contributed by atoms with Gasteiger partial charge in [0.2, 0.25) is 0 Å². The average molecular weight is 404 g/mol. The highest BCUT2D eigenvalue weighted by atomic mass is 15.1. The minimum Gasteiger partial charge on any atom is -0.335 e. The standard InChI is InChI=1S/C23H16N8/c1-13-3-2-4-14(7-13)16-10-24-11-19-20(16)29-23(28-19)22-21-18(30-31-22)6-5-17(27-21)15-8-25-12-26-9-15/h2-12H,1H3,(H,28,29)(H,30,31). The van der Waals surface area contributed by atoms with E-state index in [-0.39, 0.29) is 0 Å². The summed E-state index contributed by atoms with van der Waals surface area (Å²) >= 11 is 0. The number of fused-ring (bicyclic) bond motifs is 2. The van der Waals surface area contributed by atoms with Crippen LogP contribution in [0.5, 0.6) is 0 Å². The molecule has 31 heavy (non-hydrogen) atoms. The maximum Gasteiger partial charge on any atom is 0.161 e. The number of aromatic amines is 2. The zero-order valence-electron chi connectivity index (χ0n) is 16.5. The fourth-order valence-electron chi connectivity index (χ4n) is 3.73. The molecule has 0 radical (unpaired) electrons. The minimum absolute atomic E-state index is 0.636. The van der Waals surface area contributed by atoms with E-state index in [9.17, 15) is 0 Å². The Bertz CT molecular complexity index is 1550. The molecule has 0 aliphatic rings. The first kappa shape index (κ1) is 17.4. The van der Waals surface area contributed by atoms with E-state index >= 15 is 0 Å². The summed E-state index contributed by atoms with van der Waals surface area (Å²) in [5.74, 6) is 0.636. The number of H-pyrrole nitrogens is 2. The van der Waals surface area contributed by atoms with Crippen LogP contribution in [0.2, 0.25) is 0 Å². The zero-order chi connectivity index (χ0) is 20.8. The van der Waals surface area contributed by atoms with Crippen LogP contribution >= 0.6 is 0 Å². The summed E-state index contributed by atoms with van der Waals surface area (Å²) in [5, 5.41) is 7.52. The van der Waals surface area contributed by atoms with Crippen LogP contribution in [0.3, 0.4) is 0 Å². The Hall–Kier alpha value is -4.46. The van der Waals surface area contributed by atoms with Gasteiger partial charge in [-0.05, 0) is 24.6 Å². The molecule has 148 valence electrons. The van der Waals surface area contributed by atoms with E-state index < -0.39 is 0 Å². The van der Waals surface area contributed by atoms with Gasteiger partial charge in [-0.3, -0.25) is 10.1 Å². The Morgan fingerprint density at radius 2 is 1.68 bits per heavy atom. The van der Waals surface area contributed by atoms with Crippen molar-refractivity contribution in [2.24, 2.45) is 0 Å². The highest BCUT2D eigenvalue weighted by molar-refractivity contribution is 5.95. The number of rotatable bonds is 3. The third-order valence-corrected chi connectivity index (χ3v) is 5.21. The van der Waals surface area contributed by atoms with E-state index in [2.05, 4.69) is 55.3 Å². The lowest BCUT2D eigenvalue weighted by Gasteiger charge is -2.03. The predicted molar refractivity (Wildman–Crippen MR) is 118 cm³/mol. The van der Waals surface area contributed by atoms with E-state index in [0.29, 0.717) is 11.5 Å². The minimum atomic E-state index is 0.636. The summed E-state index contributed by atoms with van der Waals surface area (Å²) < 4.78 is 0. The van der Waals surface area contributed by atoms with Crippen molar-refractivity contribution >= 4 is 22.1 Å². The maximum absolute atomic E-state index is 4.87. The van der Waals surface area contributed by atoms with Gasteiger partial charge in [0.05, 0.1) is 28.4 Å². The van der Waals surface area contributed by atoms with E-state index in [1.807, 2.05) is 24.4 Å². The summed E-state index contributed by atoms with van der Waals surface area (Å²) in [6.45, 7) is 2.07. The molecule has 6 rings (SSSR count). The van der Waals surface area contributed by atoms with Crippen molar-refractivity contribution in [3.8, 4) is 33.9 Å². The Kier molecular flexibility index (Phi) is 3.82. The number of aryl methyl sites for hydroxylation is 1. The first-order chi connectivity index (χ1) is 15.3. The van der Waals surface area contributed by atoms with Crippen LogP contribution in [0.1, 0.15) is 5.56 Å². The van der Waals surface area contributed by atoms with E-state index in [4.69, 9.17) is 9.97 Å². The fraction of sp³-hybridized carbons (Fsp3) is 0.0435. The van der Waals surface area contributed by atoms with Gasteiger partial charge in [0.15, 0.2) is 11.5 Å². The molecule has 0 saturated heterocycles. The van der Waals surface area contributed by atoms with Crippen molar-refractivity contribution in [2.45, 2.75) is 6.92 Å². The van der Waals surface area contributed by atoms with Crippen molar-refractivity contribution in [1.82, 2.24) is 40.1 Å². The summed E-state index contributed by atoms with van der Waals surface area (Å²) in [7, 11) is 0. The van der Waals surface area contributed by atoms with Gasteiger partial charge in [-0.2, -0.15) is 5.10 Å². The van der Waals surface area contributed by atoms with Crippen LogP contribution < -0.4 is 0 Å². The Morgan fingerprint density at radius 1 is 0.774 bits per heavy atom. The van der Waals surface area contributed by atoms with E-state index in [1.54, 1.807) is 18.6 Å². The third kappa shape index (κ3) is 2.93. The van der Waals surface area contributed by atoms with Crippen LogP contribution in [0.25, 0.3) is 56.0 Å². The second-order valence-corrected chi connectivity index (χ2v) is 7.33. The molecule has 2 N–H and O–H groups in total. The van der Waals surface area contributed by atoms with Gasteiger partial charge in [0, 0.05) is 29.7 Å². The normalized spacial score (nSPS) is 11.4. The number of aromatic nitrogens is 8. The van der Waals surface area contributed by atoms with Gasteiger partial charge < -0.3 is 4.98 Å². The van der Waals surface area contributed by atoms with Gasteiger partial charge >= 0.3 is 0 Å². The van der Waals surface area contributed by atoms with Crippen molar-refractivity contribution in [3.05, 3.63) is 73.1 Å². The Labute approximate surface area is 176 Å². The molecule has 8 nitrogen and oxygen atoms in total. The van der Waals surface area contributed by atoms with Crippen LogP contribution in [0.15, 0.2) is 67.5 Å². The number of nitrogens with one attached hydrogen (secondary N) is 2. The molecular weight excluding hydrogens is 388 g/mol. The molecule has 0 fully saturated rings. The quantitative estimate of drug-likeness (QED) is 0.454. The maximum atomic E-state index is 4.87. The first-order valence-corrected chi connectivity index (χ1v) is 9.78. The number of nitrogens with zero attached hydrogens (tertiary/aromatic N) is 6. The fourth-order valence-corrected chi connectivity index (χ4v) is 3.73. The summed E-state index contributed by atoms with van der Waals surface area (Å²) in [5.41, 5.74) is 8.74. The second-order valence-electron chi connectivity index (χ2n) is 7.33. The van der Waals surface area contributed by atoms with Gasteiger partial charge in [0.25, 0.3) is 0 Å². The molecule has 0 unspecified atom stereocenters. The largest absolute Gasteiger partial charge is 0.335 e. The van der Waals surface area contributed by atoms with Crippen LogP contribution in [0, 0.1) is 6.92 Å². The number of pyridine rings is 2. The first-order valence-electron chi connectivity index (χ1n) is 9.78. The topological polar surface area (TPSA) is 109 Å². The molecule has 0 atom stereocenters. The Morgan fingerprint density at radius 3 is 2.55 bits per heavy atom. The lowest BCUT2D eigenvalue weighted by Crippen LogP contribution is -1.88. The van der Waals surface area contributed by atoms with Crippen LogP contribution in [0.4, 0.5) is 0 Å². The van der Waals surface area contributed by atoms with Gasteiger partial charge in [-0.1, -0.05) is 29.8 Å². The lowest BCUT2D eigenvalue weighted by atomic mass is 10.0. The molecule has 5 heterocycles. The monoisotopic (exact) mass is 404 g/mol. The molecule has 0 bridgehead atoms. The number of hydrogen-bond donors (Lipinski definition) is 2. The molecular formula is C23H16N8. The van der Waals surface area contributed by atoms with Gasteiger partial charge in [-0.25, -0.2) is 19.9 Å². The van der Waals surface area contributed by atoms with Crippen molar-refractivity contribution in [2.75, 3.05) is 0 Å². The molecule has 5 aromatic heterocycles. The van der Waals surface area contributed by atoms with Crippen molar-refractivity contribution in [3.63, 3.8) is 0 Å². The van der Waals surface area contributed by atoms with Gasteiger partial charge in [0.1, 0.15) is 11.8 Å². The molecule has 0 aliphatic carbocycles. The zero-order valence-corrected chi connectivity index (χ0v) is 16.5. The van der Waals surface area contributed by atoms with Crippen LogP contribution in [-0.4, -0.2) is 40.1 Å². The lowest BCUT2D eigenvalue weighted by molar-refractivity contribution is 1.10. The highest BCUT2D eigenvalue weighted by Gasteiger charge is 2.17. The highest BCUT2D eigenvalue weighted by Crippen LogP contribution is 2.31.